The molecule has 0 amide bonds. The van der Waals surface area contributed by atoms with Crippen LogP contribution in [0, 0.1) is 0 Å². The Morgan fingerprint density at radius 2 is 2.14 bits per heavy atom. The Labute approximate surface area is 83.5 Å². The topological polar surface area (TPSA) is 48.0 Å². The van der Waals surface area contributed by atoms with Gasteiger partial charge in [0.1, 0.15) is 0 Å². The summed E-state index contributed by atoms with van der Waals surface area (Å²) in [5.74, 6) is 0. The maximum Gasteiger partial charge on any atom is 0.273 e. The van der Waals surface area contributed by atoms with Gasteiger partial charge in [-0.25, -0.2) is 0 Å². The minimum atomic E-state index is -0.0202. The first kappa shape index (κ1) is 9.31. The molecule has 0 aliphatic heterocycles. The molecule has 0 spiro atoms. The summed E-state index contributed by atoms with van der Waals surface area (Å²) >= 11 is 0. The number of nitrogens with zero attached hydrogens (tertiary/aromatic N) is 1. The van der Waals surface area contributed by atoms with E-state index in [-0.39, 0.29) is 5.56 Å². The van der Waals surface area contributed by atoms with Crippen LogP contribution in [0.1, 0.15) is 31.0 Å². The Morgan fingerprint density at radius 3 is 2.86 bits per heavy atom. The maximum atomic E-state index is 11.7. The number of nitrogen functional groups attached to an aromatic ring is 1. The van der Waals surface area contributed by atoms with Crippen molar-refractivity contribution in [2.45, 2.75) is 39.2 Å². The zero-order chi connectivity index (χ0) is 10.1. The fraction of sp³-hybridized carbons (Fsp3) is 0.545. The number of aryl methyl sites for hydroxylation is 1. The summed E-state index contributed by atoms with van der Waals surface area (Å²) in [7, 11) is 0. The van der Waals surface area contributed by atoms with Gasteiger partial charge < -0.3 is 10.3 Å². The van der Waals surface area contributed by atoms with Gasteiger partial charge in [0.15, 0.2) is 0 Å². The van der Waals surface area contributed by atoms with E-state index in [2.05, 4.69) is 0 Å². The fourth-order valence-electron chi connectivity index (χ4n) is 2.24. The number of aromatic nitrogens is 1. The van der Waals surface area contributed by atoms with E-state index in [0.717, 1.165) is 19.4 Å². The van der Waals surface area contributed by atoms with Gasteiger partial charge >= 0.3 is 0 Å². The molecule has 0 bridgehead atoms. The molecule has 1 heterocycles. The largest absolute Gasteiger partial charge is 0.394 e. The number of hydrogen-bond donors (Lipinski definition) is 1. The van der Waals surface area contributed by atoms with Crippen LogP contribution in [-0.2, 0) is 19.4 Å². The van der Waals surface area contributed by atoms with Crippen LogP contribution >= 0.6 is 0 Å². The molecular weight excluding hydrogens is 176 g/mol. The van der Waals surface area contributed by atoms with Crippen LogP contribution in [0.15, 0.2) is 10.9 Å². The number of fused-ring (bicyclic) bond motifs is 1. The molecule has 0 radical (unpaired) electrons. The average Bonchev–Trinajstić information content (AvgIpc) is 2.20. The van der Waals surface area contributed by atoms with Crippen molar-refractivity contribution in [2.75, 3.05) is 5.73 Å². The zero-order valence-corrected chi connectivity index (χ0v) is 8.55. The highest BCUT2D eigenvalue weighted by atomic mass is 16.1. The van der Waals surface area contributed by atoms with Gasteiger partial charge in [-0.1, -0.05) is 0 Å². The molecule has 0 unspecified atom stereocenters. The average molecular weight is 192 g/mol. The van der Waals surface area contributed by atoms with Gasteiger partial charge in [-0.3, -0.25) is 4.79 Å². The molecule has 2 rings (SSSR count). The van der Waals surface area contributed by atoms with Gasteiger partial charge in [0.05, 0.1) is 5.69 Å². The van der Waals surface area contributed by atoms with Crippen LogP contribution in [0.4, 0.5) is 5.69 Å². The number of rotatable bonds is 1. The molecule has 1 aromatic rings. The Bertz CT molecular complexity index is 406. The predicted octanol–water partition coefficient (Wildman–Crippen LogP) is 1.33. The summed E-state index contributed by atoms with van der Waals surface area (Å²) < 4.78 is 1.82. The van der Waals surface area contributed by atoms with Crippen molar-refractivity contribution in [1.82, 2.24) is 4.57 Å². The summed E-state index contributed by atoms with van der Waals surface area (Å²) in [4.78, 5) is 11.7. The van der Waals surface area contributed by atoms with Gasteiger partial charge in [-0.05, 0) is 44.2 Å². The van der Waals surface area contributed by atoms with Crippen molar-refractivity contribution in [3.05, 3.63) is 27.7 Å². The van der Waals surface area contributed by atoms with Crippen LogP contribution in [-0.4, -0.2) is 4.57 Å². The third-order valence-electron chi connectivity index (χ3n) is 2.94. The predicted molar refractivity (Wildman–Crippen MR) is 57.4 cm³/mol. The number of nitrogens with two attached hydrogens (primary N) is 1. The monoisotopic (exact) mass is 192 g/mol. The van der Waals surface area contributed by atoms with Crippen molar-refractivity contribution >= 4 is 5.69 Å². The highest BCUT2D eigenvalue weighted by Crippen LogP contribution is 2.21. The second-order valence-electron chi connectivity index (χ2n) is 3.83. The molecule has 1 aromatic heterocycles. The molecule has 1 aliphatic carbocycles. The summed E-state index contributed by atoms with van der Waals surface area (Å²) in [5.41, 5.74) is 8.54. The maximum absolute atomic E-state index is 11.7. The summed E-state index contributed by atoms with van der Waals surface area (Å²) in [5, 5.41) is 0. The van der Waals surface area contributed by atoms with E-state index in [1.54, 1.807) is 0 Å². The molecule has 0 atom stereocenters. The minimum absolute atomic E-state index is 0.0202. The smallest absolute Gasteiger partial charge is 0.273 e. The summed E-state index contributed by atoms with van der Waals surface area (Å²) in [6.45, 7) is 2.72. The highest BCUT2D eigenvalue weighted by molar-refractivity contribution is 5.42. The van der Waals surface area contributed by atoms with Gasteiger partial charge in [-0.2, -0.15) is 0 Å². The van der Waals surface area contributed by atoms with Crippen molar-refractivity contribution in [2.24, 2.45) is 0 Å². The van der Waals surface area contributed by atoms with Crippen LogP contribution in [0.2, 0.25) is 0 Å². The quantitative estimate of drug-likeness (QED) is 0.729. The van der Waals surface area contributed by atoms with E-state index in [1.807, 2.05) is 17.6 Å². The van der Waals surface area contributed by atoms with Gasteiger partial charge in [0.25, 0.3) is 5.56 Å². The van der Waals surface area contributed by atoms with E-state index < -0.39 is 0 Å². The van der Waals surface area contributed by atoms with E-state index in [0.29, 0.717) is 5.69 Å². The lowest BCUT2D eigenvalue weighted by molar-refractivity contribution is 0.593. The van der Waals surface area contributed by atoms with E-state index in [4.69, 9.17) is 5.73 Å². The highest BCUT2D eigenvalue weighted by Gasteiger charge is 2.15. The minimum Gasteiger partial charge on any atom is -0.394 e. The Morgan fingerprint density at radius 1 is 1.43 bits per heavy atom. The van der Waals surface area contributed by atoms with Gasteiger partial charge in [0, 0.05) is 12.2 Å². The Balaban J connectivity index is 2.66. The van der Waals surface area contributed by atoms with E-state index in [1.165, 1.54) is 24.1 Å². The van der Waals surface area contributed by atoms with Crippen LogP contribution in [0.25, 0.3) is 0 Å². The normalized spacial score (nSPS) is 15.2. The first-order chi connectivity index (χ1) is 6.74. The third-order valence-corrected chi connectivity index (χ3v) is 2.94. The number of pyridine rings is 1. The lowest BCUT2D eigenvalue weighted by Crippen LogP contribution is -2.28. The second-order valence-corrected chi connectivity index (χ2v) is 3.83. The molecule has 0 fully saturated rings. The molecule has 0 aromatic carbocycles. The first-order valence-corrected chi connectivity index (χ1v) is 5.25. The van der Waals surface area contributed by atoms with Crippen molar-refractivity contribution in [1.29, 1.82) is 0 Å². The molecule has 3 nitrogen and oxygen atoms in total. The molecule has 0 saturated heterocycles. The zero-order valence-electron chi connectivity index (χ0n) is 8.55. The van der Waals surface area contributed by atoms with Crippen molar-refractivity contribution < 1.29 is 0 Å². The van der Waals surface area contributed by atoms with Crippen molar-refractivity contribution in [3.63, 3.8) is 0 Å². The standard InChI is InChI=1S/C11H16N2O/c1-2-13-10-6-4-3-5-8(10)7-9(12)11(13)14/h7H,2-6,12H2,1H3. The molecule has 14 heavy (non-hydrogen) atoms. The molecular formula is C11H16N2O. The summed E-state index contributed by atoms with van der Waals surface area (Å²) in [6, 6.07) is 1.86. The molecule has 76 valence electrons. The van der Waals surface area contributed by atoms with Gasteiger partial charge in [0.2, 0.25) is 0 Å². The number of anilines is 1. The van der Waals surface area contributed by atoms with Crippen LogP contribution < -0.4 is 11.3 Å². The van der Waals surface area contributed by atoms with Gasteiger partial charge in [-0.15, -0.1) is 0 Å². The third kappa shape index (κ3) is 1.33. The molecule has 0 saturated carbocycles. The van der Waals surface area contributed by atoms with E-state index in [9.17, 15) is 4.79 Å². The lowest BCUT2D eigenvalue weighted by Gasteiger charge is -2.20. The van der Waals surface area contributed by atoms with Crippen LogP contribution in [0.3, 0.4) is 0 Å². The van der Waals surface area contributed by atoms with E-state index >= 15 is 0 Å². The molecule has 2 N–H and O–H groups in total. The first-order valence-electron chi connectivity index (χ1n) is 5.25. The lowest BCUT2D eigenvalue weighted by atomic mass is 9.95. The molecule has 3 heteroatoms. The second kappa shape index (κ2) is 3.48. The van der Waals surface area contributed by atoms with Crippen LogP contribution in [0.5, 0.6) is 0 Å². The van der Waals surface area contributed by atoms with Crippen molar-refractivity contribution in [3.8, 4) is 0 Å². The summed E-state index contributed by atoms with van der Waals surface area (Å²) in [6.07, 6.45) is 4.50. The fourth-order valence-corrected chi connectivity index (χ4v) is 2.24. The SMILES string of the molecule is CCn1c2c(cc(N)c1=O)CCCC2. The Kier molecular flexibility index (Phi) is 2.32. The number of hydrogen-bond acceptors (Lipinski definition) is 2. The Hall–Kier alpha value is -1.25. The molecule has 1 aliphatic rings.